The smallest absolute Gasteiger partial charge is 0.325 e. The van der Waals surface area contributed by atoms with Crippen molar-refractivity contribution in [3.63, 3.8) is 0 Å². The third-order valence-corrected chi connectivity index (χ3v) is 3.83. The molecule has 140 valence electrons. The first-order valence-corrected chi connectivity index (χ1v) is 8.16. The number of hydrogen-bond acceptors (Lipinski definition) is 4. The molecule has 0 aliphatic rings. The number of anilines is 2. The van der Waals surface area contributed by atoms with Crippen LogP contribution in [0.15, 0.2) is 54.7 Å². The highest BCUT2D eigenvalue weighted by molar-refractivity contribution is 6.00. The van der Waals surface area contributed by atoms with Crippen LogP contribution in [0.2, 0.25) is 0 Å². The fourth-order valence-electron chi connectivity index (χ4n) is 2.50. The van der Waals surface area contributed by atoms with Crippen LogP contribution in [0, 0.1) is 5.82 Å². The summed E-state index contributed by atoms with van der Waals surface area (Å²) in [6.07, 6.45) is 1.66. The summed E-state index contributed by atoms with van der Waals surface area (Å²) in [5, 5.41) is 9.54. The molecule has 0 aliphatic carbocycles. The SMILES string of the molecule is COc1ccc(OC)c(NC(=O)Nc2ccn(Cc3ccccc3F)n2)c1. The van der Waals surface area contributed by atoms with Gasteiger partial charge in [0, 0.05) is 23.9 Å². The van der Waals surface area contributed by atoms with E-state index < -0.39 is 6.03 Å². The summed E-state index contributed by atoms with van der Waals surface area (Å²) >= 11 is 0. The van der Waals surface area contributed by atoms with Gasteiger partial charge in [0.1, 0.15) is 17.3 Å². The first kappa shape index (κ1) is 18.2. The van der Waals surface area contributed by atoms with E-state index in [4.69, 9.17) is 9.47 Å². The fraction of sp³-hybridized carbons (Fsp3) is 0.158. The van der Waals surface area contributed by atoms with Crippen LogP contribution in [-0.2, 0) is 6.54 Å². The van der Waals surface area contributed by atoms with E-state index in [1.807, 2.05) is 0 Å². The van der Waals surface area contributed by atoms with E-state index in [1.54, 1.807) is 53.3 Å². The standard InChI is InChI=1S/C19H19FN4O3/c1-26-14-7-8-17(27-2)16(11-14)21-19(25)22-18-9-10-24(23-18)12-13-5-3-4-6-15(13)20/h3-11H,12H2,1-2H3,(H2,21,22,23,25). The third kappa shape index (κ3) is 4.55. The molecular formula is C19H19FN4O3. The maximum Gasteiger partial charge on any atom is 0.325 e. The molecule has 0 spiro atoms. The van der Waals surface area contributed by atoms with Crippen molar-refractivity contribution in [2.75, 3.05) is 24.9 Å². The number of aromatic nitrogens is 2. The minimum Gasteiger partial charge on any atom is -0.497 e. The summed E-state index contributed by atoms with van der Waals surface area (Å²) < 4.78 is 25.6. The van der Waals surface area contributed by atoms with Gasteiger partial charge in [-0.15, -0.1) is 0 Å². The van der Waals surface area contributed by atoms with Gasteiger partial charge in [0.15, 0.2) is 5.82 Å². The highest BCUT2D eigenvalue weighted by Gasteiger charge is 2.11. The molecule has 0 saturated heterocycles. The highest BCUT2D eigenvalue weighted by atomic mass is 19.1. The Morgan fingerprint density at radius 1 is 1.11 bits per heavy atom. The van der Waals surface area contributed by atoms with E-state index in [0.717, 1.165) is 0 Å². The van der Waals surface area contributed by atoms with E-state index >= 15 is 0 Å². The van der Waals surface area contributed by atoms with Crippen molar-refractivity contribution in [2.45, 2.75) is 6.54 Å². The first-order valence-electron chi connectivity index (χ1n) is 8.16. The molecule has 3 rings (SSSR count). The molecule has 2 amide bonds. The zero-order valence-electron chi connectivity index (χ0n) is 14.9. The van der Waals surface area contributed by atoms with Crippen LogP contribution in [0.3, 0.4) is 0 Å². The maximum atomic E-state index is 13.7. The molecule has 3 aromatic rings. The Hall–Kier alpha value is -3.55. The van der Waals surface area contributed by atoms with Gasteiger partial charge in [0.05, 0.1) is 26.5 Å². The van der Waals surface area contributed by atoms with Gasteiger partial charge in [0.25, 0.3) is 0 Å². The van der Waals surface area contributed by atoms with Gasteiger partial charge in [-0.25, -0.2) is 9.18 Å². The second kappa shape index (κ2) is 8.22. The number of nitrogens with one attached hydrogen (secondary N) is 2. The quantitative estimate of drug-likeness (QED) is 0.693. The molecule has 27 heavy (non-hydrogen) atoms. The molecule has 0 fully saturated rings. The Morgan fingerprint density at radius 3 is 2.67 bits per heavy atom. The predicted molar refractivity (Wildman–Crippen MR) is 99.9 cm³/mol. The Labute approximate surface area is 155 Å². The molecule has 7 nitrogen and oxygen atoms in total. The molecule has 0 aliphatic heterocycles. The summed E-state index contributed by atoms with van der Waals surface area (Å²) in [5.74, 6) is 1.12. The van der Waals surface area contributed by atoms with Crippen molar-refractivity contribution in [3.05, 3.63) is 66.1 Å². The second-order valence-electron chi connectivity index (χ2n) is 5.64. The molecule has 0 bridgehead atoms. The van der Waals surface area contributed by atoms with Crippen molar-refractivity contribution in [3.8, 4) is 11.5 Å². The van der Waals surface area contributed by atoms with Gasteiger partial charge in [-0.2, -0.15) is 5.10 Å². The summed E-state index contributed by atoms with van der Waals surface area (Å²) in [4.78, 5) is 12.2. The fourth-order valence-corrected chi connectivity index (χ4v) is 2.50. The van der Waals surface area contributed by atoms with Crippen molar-refractivity contribution in [1.29, 1.82) is 0 Å². The third-order valence-electron chi connectivity index (χ3n) is 3.83. The molecule has 8 heteroatoms. The van der Waals surface area contributed by atoms with Crippen LogP contribution in [0.4, 0.5) is 20.7 Å². The minimum absolute atomic E-state index is 0.264. The average molecular weight is 370 g/mol. The highest BCUT2D eigenvalue weighted by Crippen LogP contribution is 2.28. The van der Waals surface area contributed by atoms with Gasteiger partial charge in [0.2, 0.25) is 0 Å². The number of amides is 2. The molecule has 2 N–H and O–H groups in total. The molecule has 0 atom stereocenters. The predicted octanol–water partition coefficient (Wildman–Crippen LogP) is 3.73. The van der Waals surface area contributed by atoms with Crippen molar-refractivity contribution >= 4 is 17.5 Å². The number of benzene rings is 2. The van der Waals surface area contributed by atoms with E-state index in [0.29, 0.717) is 28.6 Å². The monoisotopic (exact) mass is 370 g/mol. The number of urea groups is 1. The topological polar surface area (TPSA) is 77.4 Å². The van der Waals surface area contributed by atoms with Crippen LogP contribution in [-0.4, -0.2) is 30.0 Å². The van der Waals surface area contributed by atoms with Crippen LogP contribution in [0.1, 0.15) is 5.56 Å². The lowest BCUT2D eigenvalue weighted by Gasteiger charge is -2.11. The molecule has 0 saturated carbocycles. The van der Waals surface area contributed by atoms with E-state index in [2.05, 4.69) is 15.7 Å². The largest absolute Gasteiger partial charge is 0.497 e. The average Bonchev–Trinajstić information content (AvgIpc) is 3.10. The minimum atomic E-state index is -0.488. The number of hydrogen-bond donors (Lipinski definition) is 2. The summed E-state index contributed by atoms with van der Waals surface area (Å²) in [6, 6.07) is 12.7. The number of nitrogens with zero attached hydrogens (tertiary/aromatic N) is 2. The van der Waals surface area contributed by atoms with Crippen LogP contribution < -0.4 is 20.1 Å². The zero-order valence-corrected chi connectivity index (χ0v) is 14.9. The molecule has 1 aromatic heterocycles. The number of ether oxygens (including phenoxy) is 2. The normalized spacial score (nSPS) is 10.3. The molecule has 1 heterocycles. The van der Waals surface area contributed by atoms with E-state index in [9.17, 15) is 9.18 Å². The Balaban J connectivity index is 1.65. The maximum absolute atomic E-state index is 13.7. The number of carbonyl (C=O) groups excluding carboxylic acids is 1. The van der Waals surface area contributed by atoms with Crippen LogP contribution >= 0.6 is 0 Å². The molecule has 0 radical (unpaired) electrons. The lowest BCUT2D eigenvalue weighted by atomic mass is 10.2. The van der Waals surface area contributed by atoms with Gasteiger partial charge >= 0.3 is 6.03 Å². The number of rotatable bonds is 6. The molecule has 0 unspecified atom stereocenters. The lowest BCUT2D eigenvalue weighted by Crippen LogP contribution is -2.20. The zero-order chi connectivity index (χ0) is 19.2. The number of halogens is 1. The van der Waals surface area contributed by atoms with E-state index in [-0.39, 0.29) is 12.4 Å². The summed E-state index contributed by atoms with van der Waals surface area (Å²) in [7, 11) is 3.04. The van der Waals surface area contributed by atoms with Crippen molar-refractivity contribution in [1.82, 2.24) is 9.78 Å². The molecule has 2 aromatic carbocycles. The van der Waals surface area contributed by atoms with Crippen LogP contribution in [0.25, 0.3) is 0 Å². The number of carbonyl (C=O) groups is 1. The first-order chi connectivity index (χ1) is 13.1. The Bertz CT molecular complexity index is 942. The van der Waals surface area contributed by atoms with Crippen LogP contribution in [0.5, 0.6) is 11.5 Å². The summed E-state index contributed by atoms with van der Waals surface area (Å²) in [5.41, 5.74) is 0.970. The lowest BCUT2D eigenvalue weighted by molar-refractivity contribution is 0.262. The molecular weight excluding hydrogens is 351 g/mol. The Morgan fingerprint density at radius 2 is 1.93 bits per heavy atom. The Kier molecular flexibility index (Phi) is 5.55. The van der Waals surface area contributed by atoms with E-state index in [1.165, 1.54) is 20.3 Å². The van der Waals surface area contributed by atoms with Gasteiger partial charge in [-0.3, -0.25) is 10.00 Å². The number of methoxy groups -OCH3 is 2. The van der Waals surface area contributed by atoms with Gasteiger partial charge < -0.3 is 14.8 Å². The summed E-state index contributed by atoms with van der Waals surface area (Å²) in [6.45, 7) is 0.264. The second-order valence-corrected chi connectivity index (χ2v) is 5.64. The van der Waals surface area contributed by atoms with Crippen molar-refractivity contribution < 1.29 is 18.7 Å². The van der Waals surface area contributed by atoms with Crippen molar-refractivity contribution in [2.24, 2.45) is 0 Å². The van der Waals surface area contributed by atoms with Gasteiger partial charge in [-0.1, -0.05) is 18.2 Å². The van der Waals surface area contributed by atoms with Gasteiger partial charge in [-0.05, 0) is 18.2 Å².